The van der Waals surface area contributed by atoms with Crippen LogP contribution >= 0.6 is 0 Å². The van der Waals surface area contributed by atoms with E-state index in [0.29, 0.717) is 5.76 Å². The SMILES string of the molecule is Cc1ccc(S(=O)(=O)N2CCC(=O)N(C(C(=O)NC3CCCCC3)c3ccco3)CC2)cc1. The first kappa shape index (κ1) is 23.5. The number of amides is 2. The summed E-state index contributed by atoms with van der Waals surface area (Å²) >= 11 is 0. The zero-order chi connectivity index (χ0) is 23.4. The van der Waals surface area contributed by atoms with Crippen LogP contribution in [0.3, 0.4) is 0 Å². The molecule has 1 aromatic heterocycles. The van der Waals surface area contributed by atoms with Gasteiger partial charge in [0.25, 0.3) is 5.91 Å². The fourth-order valence-corrected chi connectivity index (χ4v) is 6.02. The van der Waals surface area contributed by atoms with E-state index in [0.717, 1.165) is 31.2 Å². The van der Waals surface area contributed by atoms with Gasteiger partial charge in [0.15, 0.2) is 6.04 Å². The van der Waals surface area contributed by atoms with Crippen molar-refractivity contribution in [1.29, 1.82) is 0 Å². The molecule has 2 aromatic rings. The summed E-state index contributed by atoms with van der Waals surface area (Å²) in [6, 6.07) is 9.21. The summed E-state index contributed by atoms with van der Waals surface area (Å²) in [5.74, 6) is -0.164. The highest BCUT2D eigenvalue weighted by Gasteiger charge is 2.38. The van der Waals surface area contributed by atoms with Gasteiger partial charge in [-0.1, -0.05) is 37.0 Å². The predicted octanol–water partition coefficient (Wildman–Crippen LogP) is 3.00. The molecule has 33 heavy (non-hydrogen) atoms. The van der Waals surface area contributed by atoms with E-state index in [2.05, 4.69) is 5.32 Å². The molecule has 1 saturated carbocycles. The number of rotatable bonds is 6. The molecule has 2 fully saturated rings. The molecule has 8 nitrogen and oxygen atoms in total. The van der Waals surface area contributed by atoms with Crippen LogP contribution in [-0.2, 0) is 19.6 Å². The number of nitrogens with zero attached hydrogens (tertiary/aromatic N) is 2. The number of furan rings is 1. The Bertz CT molecular complexity index is 1060. The molecule has 2 aliphatic rings. The largest absolute Gasteiger partial charge is 0.467 e. The summed E-state index contributed by atoms with van der Waals surface area (Å²) in [6.45, 7) is 2.18. The number of carbonyl (C=O) groups is 2. The van der Waals surface area contributed by atoms with Gasteiger partial charge in [-0.25, -0.2) is 8.42 Å². The Morgan fingerprint density at radius 1 is 1.06 bits per heavy atom. The van der Waals surface area contributed by atoms with E-state index in [9.17, 15) is 18.0 Å². The first-order valence-electron chi connectivity index (χ1n) is 11.6. The molecule has 1 N–H and O–H groups in total. The second kappa shape index (κ2) is 10.1. The highest BCUT2D eigenvalue weighted by atomic mass is 32.2. The number of aryl methyl sites for hydroxylation is 1. The number of nitrogens with one attached hydrogen (secondary N) is 1. The maximum Gasteiger partial charge on any atom is 0.250 e. The lowest BCUT2D eigenvalue weighted by Crippen LogP contribution is -2.47. The molecule has 0 radical (unpaired) electrons. The number of carbonyl (C=O) groups excluding carboxylic acids is 2. The van der Waals surface area contributed by atoms with Crippen molar-refractivity contribution in [2.75, 3.05) is 19.6 Å². The maximum atomic E-state index is 13.3. The molecule has 2 heterocycles. The molecule has 1 aliphatic carbocycles. The van der Waals surface area contributed by atoms with Crippen molar-refractivity contribution in [3.05, 3.63) is 54.0 Å². The van der Waals surface area contributed by atoms with Gasteiger partial charge in [0.05, 0.1) is 11.2 Å². The Balaban J connectivity index is 1.54. The zero-order valence-corrected chi connectivity index (χ0v) is 19.7. The lowest BCUT2D eigenvalue weighted by molar-refractivity contribution is -0.141. The van der Waals surface area contributed by atoms with Crippen molar-refractivity contribution in [3.63, 3.8) is 0 Å². The minimum absolute atomic E-state index is 0.000984. The van der Waals surface area contributed by atoms with Gasteiger partial charge >= 0.3 is 0 Å². The third kappa shape index (κ3) is 5.30. The zero-order valence-electron chi connectivity index (χ0n) is 18.9. The molecule has 0 bridgehead atoms. The van der Waals surface area contributed by atoms with Gasteiger partial charge in [0, 0.05) is 32.1 Å². The topological polar surface area (TPSA) is 99.9 Å². The van der Waals surface area contributed by atoms with Gasteiger partial charge in [-0.3, -0.25) is 9.59 Å². The summed E-state index contributed by atoms with van der Waals surface area (Å²) in [4.78, 5) is 28.0. The Kier molecular flexibility index (Phi) is 7.19. The van der Waals surface area contributed by atoms with Crippen LogP contribution in [0.2, 0.25) is 0 Å². The molecule has 1 saturated heterocycles. The van der Waals surface area contributed by atoms with Crippen LogP contribution in [0.5, 0.6) is 0 Å². The standard InChI is InChI=1S/C24H31N3O5S/c1-18-9-11-20(12-10-18)33(30,31)26-14-13-22(28)27(16-15-26)23(21-8-5-17-32-21)24(29)25-19-6-3-2-4-7-19/h5,8-12,17,19,23H,2-4,6-7,13-16H2,1H3,(H,25,29). The lowest BCUT2D eigenvalue weighted by Gasteiger charge is -2.31. The van der Waals surface area contributed by atoms with E-state index >= 15 is 0 Å². The van der Waals surface area contributed by atoms with E-state index in [1.54, 1.807) is 36.4 Å². The van der Waals surface area contributed by atoms with Crippen molar-refractivity contribution in [2.45, 2.75) is 62.4 Å². The number of benzene rings is 1. The molecule has 178 valence electrons. The average molecular weight is 474 g/mol. The molecule has 1 aliphatic heterocycles. The fourth-order valence-electron chi connectivity index (χ4n) is 4.59. The quantitative estimate of drug-likeness (QED) is 0.695. The normalized spacial score (nSPS) is 19.8. The Hall–Kier alpha value is -2.65. The average Bonchev–Trinajstić information content (AvgIpc) is 3.25. The van der Waals surface area contributed by atoms with Gasteiger partial charge in [-0.05, 0) is 44.0 Å². The third-order valence-corrected chi connectivity index (χ3v) is 8.38. The molecule has 9 heteroatoms. The van der Waals surface area contributed by atoms with E-state index in [1.807, 2.05) is 6.92 Å². The van der Waals surface area contributed by atoms with Crippen molar-refractivity contribution in [1.82, 2.24) is 14.5 Å². The van der Waals surface area contributed by atoms with E-state index in [4.69, 9.17) is 4.42 Å². The Morgan fingerprint density at radius 2 is 1.79 bits per heavy atom. The molecule has 1 atom stereocenters. The van der Waals surface area contributed by atoms with E-state index in [1.165, 1.54) is 21.9 Å². The summed E-state index contributed by atoms with van der Waals surface area (Å²) in [5.41, 5.74) is 0.969. The number of sulfonamides is 1. The first-order chi connectivity index (χ1) is 15.9. The van der Waals surface area contributed by atoms with Crippen molar-refractivity contribution in [3.8, 4) is 0 Å². The Labute approximate surface area is 195 Å². The van der Waals surface area contributed by atoms with Crippen LogP contribution in [-0.4, -0.2) is 55.1 Å². The minimum Gasteiger partial charge on any atom is -0.467 e. The number of hydrogen-bond donors (Lipinski definition) is 1. The lowest BCUT2D eigenvalue weighted by atomic mass is 9.95. The van der Waals surface area contributed by atoms with Gasteiger partial charge in [0.1, 0.15) is 5.76 Å². The summed E-state index contributed by atoms with van der Waals surface area (Å²) in [5, 5.41) is 3.09. The van der Waals surface area contributed by atoms with Gasteiger partial charge in [-0.15, -0.1) is 0 Å². The molecule has 1 aromatic carbocycles. The highest BCUT2D eigenvalue weighted by molar-refractivity contribution is 7.89. The summed E-state index contributed by atoms with van der Waals surface area (Å²) < 4.78 is 33.2. The molecule has 2 amide bonds. The second-order valence-electron chi connectivity index (χ2n) is 8.82. The van der Waals surface area contributed by atoms with E-state index < -0.39 is 16.1 Å². The monoisotopic (exact) mass is 473 g/mol. The number of hydrogen-bond acceptors (Lipinski definition) is 5. The van der Waals surface area contributed by atoms with Crippen LogP contribution in [0.15, 0.2) is 52.0 Å². The predicted molar refractivity (Wildman–Crippen MR) is 123 cm³/mol. The molecular weight excluding hydrogens is 442 g/mol. The van der Waals surface area contributed by atoms with Crippen LogP contribution in [0, 0.1) is 6.92 Å². The van der Waals surface area contributed by atoms with E-state index in [-0.39, 0.29) is 48.8 Å². The maximum absolute atomic E-state index is 13.3. The summed E-state index contributed by atoms with van der Waals surface area (Å²) in [7, 11) is -3.74. The third-order valence-electron chi connectivity index (χ3n) is 6.47. The molecule has 0 spiro atoms. The van der Waals surface area contributed by atoms with Crippen LogP contribution in [0.4, 0.5) is 0 Å². The van der Waals surface area contributed by atoms with Crippen LogP contribution < -0.4 is 5.32 Å². The second-order valence-corrected chi connectivity index (χ2v) is 10.8. The van der Waals surface area contributed by atoms with Crippen LogP contribution in [0.1, 0.15) is 55.9 Å². The summed E-state index contributed by atoms with van der Waals surface area (Å²) in [6.07, 6.45) is 6.64. The van der Waals surface area contributed by atoms with Gasteiger partial charge in [0.2, 0.25) is 15.9 Å². The first-order valence-corrected chi connectivity index (χ1v) is 13.0. The van der Waals surface area contributed by atoms with Crippen molar-refractivity contribution >= 4 is 21.8 Å². The molecule has 4 rings (SSSR count). The van der Waals surface area contributed by atoms with Crippen molar-refractivity contribution in [2.24, 2.45) is 0 Å². The van der Waals surface area contributed by atoms with Gasteiger partial charge in [-0.2, -0.15) is 4.31 Å². The minimum atomic E-state index is -3.74. The van der Waals surface area contributed by atoms with Crippen molar-refractivity contribution < 1.29 is 22.4 Å². The van der Waals surface area contributed by atoms with Crippen LogP contribution in [0.25, 0.3) is 0 Å². The molecule has 1 unspecified atom stereocenters. The highest BCUT2D eigenvalue weighted by Crippen LogP contribution is 2.27. The van der Waals surface area contributed by atoms with Gasteiger partial charge < -0.3 is 14.6 Å². The molecular formula is C24H31N3O5S. The Morgan fingerprint density at radius 3 is 2.45 bits per heavy atom. The fraction of sp³-hybridized carbons (Fsp3) is 0.500. The smallest absolute Gasteiger partial charge is 0.250 e.